The van der Waals surface area contributed by atoms with E-state index in [0.29, 0.717) is 23.7 Å². The first kappa shape index (κ1) is 13.8. The molecule has 2 heterocycles. The summed E-state index contributed by atoms with van der Waals surface area (Å²) >= 11 is 0. The number of methoxy groups -OCH3 is 3. The van der Waals surface area contributed by atoms with Crippen LogP contribution in [0, 0.1) is 0 Å². The average molecular weight is 312 g/mol. The molecule has 0 N–H and O–H groups in total. The molecule has 0 atom stereocenters. The average Bonchev–Trinajstić information content (AvgIpc) is 2.99. The second-order valence-corrected chi connectivity index (χ2v) is 5.24. The van der Waals surface area contributed by atoms with Crippen LogP contribution in [-0.4, -0.2) is 21.3 Å². The van der Waals surface area contributed by atoms with E-state index in [1.807, 2.05) is 30.3 Å². The Morgan fingerprint density at radius 3 is 2.57 bits per heavy atom. The van der Waals surface area contributed by atoms with Gasteiger partial charge in [-0.2, -0.15) is 0 Å². The highest BCUT2D eigenvalue weighted by molar-refractivity contribution is 5.94. The summed E-state index contributed by atoms with van der Waals surface area (Å²) in [6.45, 7) is 0.442. The molecule has 3 aromatic rings. The van der Waals surface area contributed by atoms with Crippen molar-refractivity contribution in [2.75, 3.05) is 21.3 Å². The number of hydrogen-bond acceptors (Lipinski definition) is 5. The summed E-state index contributed by atoms with van der Waals surface area (Å²) in [4.78, 5) is 0. The SMILES string of the molecule is COc1ccc2c(c1)OCc1c-2oc2c(OC)c(OC)ccc12. The number of benzene rings is 2. The van der Waals surface area contributed by atoms with Crippen molar-refractivity contribution in [1.82, 2.24) is 0 Å². The number of fused-ring (bicyclic) bond motifs is 5. The summed E-state index contributed by atoms with van der Waals surface area (Å²) in [5.74, 6) is 3.54. The quantitative estimate of drug-likeness (QED) is 0.731. The third kappa shape index (κ3) is 1.93. The van der Waals surface area contributed by atoms with E-state index in [0.717, 1.165) is 33.8 Å². The van der Waals surface area contributed by atoms with Gasteiger partial charge in [-0.05, 0) is 24.3 Å². The molecule has 0 fully saturated rings. The van der Waals surface area contributed by atoms with Crippen molar-refractivity contribution in [2.24, 2.45) is 0 Å². The fraction of sp³-hybridized carbons (Fsp3) is 0.222. The summed E-state index contributed by atoms with van der Waals surface area (Å²) in [6.07, 6.45) is 0. The van der Waals surface area contributed by atoms with Gasteiger partial charge >= 0.3 is 0 Å². The topological polar surface area (TPSA) is 50.1 Å². The lowest BCUT2D eigenvalue weighted by Crippen LogP contribution is -2.03. The van der Waals surface area contributed by atoms with Gasteiger partial charge in [0.15, 0.2) is 11.3 Å². The number of hydrogen-bond donors (Lipinski definition) is 0. The van der Waals surface area contributed by atoms with Gasteiger partial charge < -0.3 is 23.4 Å². The van der Waals surface area contributed by atoms with Gasteiger partial charge in [0, 0.05) is 17.0 Å². The highest BCUT2D eigenvalue weighted by Crippen LogP contribution is 2.47. The molecule has 0 radical (unpaired) electrons. The van der Waals surface area contributed by atoms with Gasteiger partial charge in [0.2, 0.25) is 5.75 Å². The van der Waals surface area contributed by atoms with Crippen LogP contribution in [0.5, 0.6) is 23.0 Å². The minimum absolute atomic E-state index is 0.442. The third-order valence-corrected chi connectivity index (χ3v) is 4.11. The Morgan fingerprint density at radius 2 is 1.83 bits per heavy atom. The molecule has 118 valence electrons. The van der Waals surface area contributed by atoms with E-state index >= 15 is 0 Å². The highest BCUT2D eigenvalue weighted by atomic mass is 16.5. The first-order valence-corrected chi connectivity index (χ1v) is 7.24. The van der Waals surface area contributed by atoms with Gasteiger partial charge in [-0.3, -0.25) is 0 Å². The molecule has 2 aromatic carbocycles. The molecule has 23 heavy (non-hydrogen) atoms. The Hall–Kier alpha value is -2.82. The van der Waals surface area contributed by atoms with E-state index < -0.39 is 0 Å². The lowest BCUT2D eigenvalue weighted by atomic mass is 10.0. The molecule has 5 nitrogen and oxygen atoms in total. The van der Waals surface area contributed by atoms with E-state index in [1.165, 1.54) is 0 Å². The molecule has 0 aliphatic carbocycles. The van der Waals surface area contributed by atoms with E-state index in [2.05, 4.69) is 0 Å². The standard InChI is InChI=1S/C18H16O5/c1-19-10-4-5-12-15(8-10)22-9-13-11-6-7-14(20-2)18(21-3)17(11)23-16(12)13/h4-8H,9H2,1-3H3. The van der Waals surface area contributed by atoms with Gasteiger partial charge in [-0.15, -0.1) is 0 Å². The smallest absolute Gasteiger partial charge is 0.204 e. The Kier molecular flexibility index (Phi) is 3.08. The summed E-state index contributed by atoms with van der Waals surface area (Å²) in [6, 6.07) is 9.54. The molecule has 1 aromatic heterocycles. The predicted octanol–water partition coefficient (Wildman–Crippen LogP) is 4.02. The second kappa shape index (κ2) is 5.12. The van der Waals surface area contributed by atoms with Crippen molar-refractivity contribution in [3.63, 3.8) is 0 Å². The molecule has 0 saturated carbocycles. The Balaban J connectivity index is 1.98. The van der Waals surface area contributed by atoms with Crippen LogP contribution in [0.2, 0.25) is 0 Å². The second-order valence-electron chi connectivity index (χ2n) is 5.24. The van der Waals surface area contributed by atoms with Gasteiger partial charge in [0.05, 0.1) is 26.9 Å². The van der Waals surface area contributed by atoms with Crippen molar-refractivity contribution in [1.29, 1.82) is 0 Å². The largest absolute Gasteiger partial charge is 0.497 e. The molecule has 4 rings (SSSR count). The molecule has 0 bridgehead atoms. The summed E-state index contributed by atoms with van der Waals surface area (Å²) in [5.41, 5.74) is 2.59. The van der Waals surface area contributed by atoms with Gasteiger partial charge in [-0.1, -0.05) is 0 Å². The number of rotatable bonds is 3. The predicted molar refractivity (Wildman–Crippen MR) is 85.6 cm³/mol. The normalized spacial score (nSPS) is 12.3. The first-order valence-electron chi connectivity index (χ1n) is 7.24. The van der Waals surface area contributed by atoms with Crippen LogP contribution in [0.4, 0.5) is 0 Å². The van der Waals surface area contributed by atoms with E-state index in [9.17, 15) is 0 Å². The Labute approximate surface area is 133 Å². The number of furan rings is 1. The van der Waals surface area contributed by atoms with E-state index in [-0.39, 0.29) is 0 Å². The monoisotopic (exact) mass is 312 g/mol. The third-order valence-electron chi connectivity index (χ3n) is 4.11. The van der Waals surface area contributed by atoms with Crippen molar-refractivity contribution in [3.05, 3.63) is 35.9 Å². The molecule has 0 amide bonds. The Bertz CT molecular complexity index is 894. The van der Waals surface area contributed by atoms with Crippen molar-refractivity contribution >= 4 is 11.0 Å². The van der Waals surface area contributed by atoms with E-state index in [4.69, 9.17) is 23.4 Å². The van der Waals surface area contributed by atoms with Crippen molar-refractivity contribution in [3.8, 4) is 34.3 Å². The van der Waals surface area contributed by atoms with E-state index in [1.54, 1.807) is 21.3 Å². The van der Waals surface area contributed by atoms with Crippen LogP contribution in [0.25, 0.3) is 22.3 Å². The van der Waals surface area contributed by atoms with Crippen LogP contribution in [-0.2, 0) is 6.61 Å². The highest BCUT2D eigenvalue weighted by Gasteiger charge is 2.27. The molecular formula is C18H16O5. The lowest BCUT2D eigenvalue weighted by molar-refractivity contribution is 0.297. The van der Waals surface area contributed by atoms with Crippen molar-refractivity contribution in [2.45, 2.75) is 6.61 Å². The maximum atomic E-state index is 6.13. The minimum Gasteiger partial charge on any atom is -0.497 e. The minimum atomic E-state index is 0.442. The molecule has 0 spiro atoms. The van der Waals surface area contributed by atoms with Crippen LogP contribution in [0.15, 0.2) is 34.7 Å². The zero-order valence-electron chi connectivity index (χ0n) is 13.1. The maximum Gasteiger partial charge on any atom is 0.204 e. The molecule has 1 aliphatic heterocycles. The summed E-state index contributed by atoms with van der Waals surface area (Å²) in [7, 11) is 4.85. The lowest BCUT2D eigenvalue weighted by Gasteiger charge is -2.17. The van der Waals surface area contributed by atoms with Crippen LogP contribution >= 0.6 is 0 Å². The molecule has 0 saturated heterocycles. The molecule has 0 unspecified atom stereocenters. The fourth-order valence-electron chi connectivity index (χ4n) is 2.97. The zero-order valence-corrected chi connectivity index (χ0v) is 13.1. The van der Waals surface area contributed by atoms with Gasteiger partial charge in [0.25, 0.3) is 0 Å². The van der Waals surface area contributed by atoms with Crippen LogP contribution < -0.4 is 18.9 Å². The van der Waals surface area contributed by atoms with Crippen LogP contribution in [0.3, 0.4) is 0 Å². The summed E-state index contributed by atoms with van der Waals surface area (Å²) < 4.78 is 28.1. The van der Waals surface area contributed by atoms with Crippen LogP contribution in [0.1, 0.15) is 5.56 Å². The van der Waals surface area contributed by atoms with Crippen molar-refractivity contribution < 1.29 is 23.4 Å². The van der Waals surface area contributed by atoms with Gasteiger partial charge in [0.1, 0.15) is 23.9 Å². The Morgan fingerprint density at radius 1 is 0.957 bits per heavy atom. The zero-order chi connectivity index (χ0) is 16.0. The maximum absolute atomic E-state index is 6.13. The molecule has 1 aliphatic rings. The number of ether oxygens (including phenoxy) is 4. The summed E-state index contributed by atoms with van der Waals surface area (Å²) in [5, 5.41) is 0.971. The molecular weight excluding hydrogens is 296 g/mol. The molecule has 5 heteroatoms. The fourth-order valence-corrected chi connectivity index (χ4v) is 2.97. The first-order chi connectivity index (χ1) is 11.3. The van der Waals surface area contributed by atoms with Gasteiger partial charge in [-0.25, -0.2) is 0 Å².